The standard InChI is InChI=1S/C17H25N5O3S2/c1-3-10-22-15(23)11-26-17(22)20-13-4-6-14(7-5-13)27(24,25)21-16-18-9-8-12(2)19-16/h3,13-14H,1,4-11H2,2H3,(H-,18,21,24,25). The molecule has 3 rings (SSSR count). The van der Waals surface area contributed by atoms with Crippen molar-refractivity contribution in [2.75, 3.05) is 18.8 Å². The van der Waals surface area contributed by atoms with Crippen molar-refractivity contribution in [2.45, 2.75) is 50.3 Å². The highest BCUT2D eigenvalue weighted by atomic mass is 32.3. The summed E-state index contributed by atoms with van der Waals surface area (Å²) >= 11 is 1.44. The number of amides is 1. The second-order valence-corrected chi connectivity index (χ2v) is 9.78. The number of carbonyl (C=O) groups is 1. The average Bonchev–Trinajstić information content (AvgIpc) is 2.96. The number of aliphatic imine (C=N–C) groups is 3. The molecule has 2 heterocycles. The molecule has 10 heteroatoms. The third-order valence-corrected chi connectivity index (χ3v) is 7.60. The van der Waals surface area contributed by atoms with Gasteiger partial charge in [0.25, 0.3) is 5.96 Å². The zero-order chi connectivity index (χ0) is 19.4. The lowest BCUT2D eigenvalue weighted by Gasteiger charge is -2.30. The predicted octanol–water partition coefficient (Wildman–Crippen LogP) is 1.77. The number of amidine groups is 1. The van der Waals surface area contributed by atoms with Crippen molar-refractivity contribution in [2.24, 2.45) is 15.0 Å². The number of nitrogens with one attached hydrogen (secondary N) is 1. The molecule has 27 heavy (non-hydrogen) atoms. The van der Waals surface area contributed by atoms with Gasteiger partial charge >= 0.3 is 0 Å². The molecule has 1 saturated heterocycles. The van der Waals surface area contributed by atoms with Crippen molar-refractivity contribution in [3.05, 3.63) is 12.7 Å². The normalized spacial score (nSPS) is 29.9. The first-order valence-electron chi connectivity index (χ1n) is 9.11. The lowest BCUT2D eigenvalue weighted by atomic mass is 9.95. The van der Waals surface area contributed by atoms with Crippen LogP contribution < -0.4 is 4.72 Å². The zero-order valence-corrected chi connectivity index (χ0v) is 17.1. The Morgan fingerprint density at radius 3 is 2.85 bits per heavy atom. The van der Waals surface area contributed by atoms with Gasteiger partial charge in [-0.15, -0.1) is 6.58 Å². The number of hydrogen-bond donors (Lipinski definition) is 1. The van der Waals surface area contributed by atoms with Crippen molar-refractivity contribution >= 4 is 44.9 Å². The fourth-order valence-corrected chi connectivity index (χ4v) is 5.70. The van der Waals surface area contributed by atoms with Gasteiger partial charge in [0.15, 0.2) is 15.6 Å². The van der Waals surface area contributed by atoms with Crippen LogP contribution in [0, 0.1) is 0 Å². The van der Waals surface area contributed by atoms with E-state index in [0.29, 0.717) is 44.5 Å². The summed E-state index contributed by atoms with van der Waals surface area (Å²) in [5.74, 6) is 0.646. The smallest absolute Gasteiger partial charge is 0.259 e. The Hall–Kier alpha value is -1.52. The molecule has 1 unspecified atom stereocenters. The molecule has 2 aliphatic heterocycles. The van der Waals surface area contributed by atoms with E-state index in [4.69, 9.17) is 4.99 Å². The van der Waals surface area contributed by atoms with Gasteiger partial charge in [0.1, 0.15) is 5.25 Å². The quantitative estimate of drug-likeness (QED) is 0.549. The van der Waals surface area contributed by atoms with E-state index < -0.39 is 15.6 Å². The van der Waals surface area contributed by atoms with Gasteiger partial charge in [-0.05, 0) is 32.6 Å². The number of thioether (sulfide) groups is 1. The Bertz CT molecular complexity index is 741. The topological polar surface area (TPSA) is 110 Å². The molecule has 3 aliphatic rings. The van der Waals surface area contributed by atoms with Crippen LogP contribution in [0.25, 0.3) is 0 Å². The Morgan fingerprint density at radius 2 is 2.19 bits per heavy atom. The van der Waals surface area contributed by atoms with E-state index >= 15 is 0 Å². The van der Waals surface area contributed by atoms with Gasteiger partial charge in [-0.3, -0.25) is 14.7 Å². The van der Waals surface area contributed by atoms with Gasteiger partial charge in [-0.1, -0.05) is 22.0 Å². The maximum atomic E-state index is 12.6. The molecule has 0 aromatic heterocycles. The fraction of sp³-hybridized carbons (Fsp3) is 0.647. The van der Waals surface area contributed by atoms with Crippen molar-refractivity contribution in [1.29, 1.82) is 0 Å². The molecule has 0 aromatic carbocycles. The molecule has 0 aromatic rings. The summed E-state index contributed by atoms with van der Waals surface area (Å²) in [5.41, 5.74) is 0.884. The summed E-state index contributed by atoms with van der Waals surface area (Å²) < 4.78 is 27.8. The van der Waals surface area contributed by atoms with Crippen molar-refractivity contribution in [1.82, 2.24) is 9.62 Å². The molecular weight excluding hydrogens is 386 g/mol. The lowest BCUT2D eigenvalue weighted by Crippen LogP contribution is -2.45. The molecule has 1 N–H and O–H groups in total. The van der Waals surface area contributed by atoms with Crippen LogP contribution in [0.1, 0.15) is 39.0 Å². The highest BCUT2D eigenvalue weighted by molar-refractivity contribution is 8.15. The number of carbonyl (C=O) groups excluding carboxylic acids is 1. The van der Waals surface area contributed by atoms with Crippen LogP contribution >= 0.6 is 11.8 Å². The molecule has 8 nitrogen and oxygen atoms in total. The van der Waals surface area contributed by atoms with Gasteiger partial charge < -0.3 is 4.55 Å². The van der Waals surface area contributed by atoms with Crippen molar-refractivity contribution in [3.63, 3.8) is 0 Å². The van der Waals surface area contributed by atoms with Crippen LogP contribution in [-0.2, 0) is 19.4 Å². The summed E-state index contributed by atoms with van der Waals surface area (Å²) in [6.45, 7) is 6.57. The lowest BCUT2D eigenvalue weighted by molar-refractivity contribution is -0.123. The Balaban J connectivity index is 1.57. The van der Waals surface area contributed by atoms with Gasteiger partial charge in [0, 0.05) is 25.2 Å². The number of nitrogens with zero attached hydrogens (tertiary/aromatic N) is 4. The Labute approximate surface area is 165 Å². The first-order chi connectivity index (χ1) is 12.9. The molecule has 1 atom stereocenters. The first-order valence-corrected chi connectivity index (χ1v) is 11.6. The molecule has 1 amide bonds. The van der Waals surface area contributed by atoms with E-state index in [1.54, 1.807) is 11.0 Å². The Morgan fingerprint density at radius 1 is 1.44 bits per heavy atom. The molecule has 2 fully saturated rings. The molecule has 1 saturated carbocycles. The summed E-state index contributed by atoms with van der Waals surface area (Å²) in [6.07, 6.45) is 4.88. The number of hydrogen-bond acceptors (Lipinski definition) is 7. The van der Waals surface area contributed by atoms with Gasteiger partial charge in [-0.25, -0.2) is 9.98 Å². The summed E-state index contributed by atoms with van der Waals surface area (Å²) in [6, 6.07) is 0.0458. The highest BCUT2D eigenvalue weighted by Gasteiger charge is 2.36. The van der Waals surface area contributed by atoms with E-state index in [1.165, 1.54) is 11.8 Å². The molecule has 1 aliphatic carbocycles. The summed E-state index contributed by atoms with van der Waals surface area (Å²) in [5, 5.41) is 0.266. The zero-order valence-electron chi connectivity index (χ0n) is 15.4. The SMILES string of the molecule is C=CCN1C(=O)CSC1=NC1CCC([S+](=O)([O-])NC2=NCCC(C)=N2)CC1. The van der Waals surface area contributed by atoms with Crippen LogP contribution in [0.4, 0.5) is 0 Å². The monoisotopic (exact) mass is 411 g/mol. The molecular formula is C17H25N5O3S2. The third kappa shape index (κ3) is 5.05. The van der Waals surface area contributed by atoms with E-state index in [2.05, 4.69) is 21.3 Å². The van der Waals surface area contributed by atoms with Crippen LogP contribution in [0.5, 0.6) is 0 Å². The highest BCUT2D eigenvalue weighted by Crippen LogP contribution is 2.30. The van der Waals surface area contributed by atoms with E-state index in [0.717, 1.165) is 17.3 Å². The van der Waals surface area contributed by atoms with Crippen molar-refractivity contribution < 1.29 is 13.6 Å². The third-order valence-electron chi connectivity index (χ3n) is 4.81. The Kier molecular flexibility index (Phi) is 6.48. The number of sulfonamides is 1. The van der Waals surface area contributed by atoms with Gasteiger partial charge in [-0.2, -0.15) is 4.72 Å². The minimum Gasteiger partial charge on any atom is -0.593 e. The van der Waals surface area contributed by atoms with Gasteiger partial charge in [0.2, 0.25) is 5.91 Å². The van der Waals surface area contributed by atoms with E-state index in [-0.39, 0.29) is 17.9 Å². The van der Waals surface area contributed by atoms with E-state index in [1.807, 2.05) is 6.92 Å². The number of rotatable bonds is 5. The van der Waals surface area contributed by atoms with Gasteiger partial charge in [0.05, 0.1) is 11.8 Å². The minimum atomic E-state index is -3.50. The maximum Gasteiger partial charge on any atom is 0.259 e. The maximum absolute atomic E-state index is 12.6. The van der Waals surface area contributed by atoms with Crippen LogP contribution in [0.3, 0.4) is 0 Å². The molecule has 0 bridgehead atoms. The summed E-state index contributed by atoms with van der Waals surface area (Å²) in [7, 11) is -3.50. The van der Waals surface area contributed by atoms with Crippen molar-refractivity contribution in [3.8, 4) is 0 Å². The second kappa shape index (κ2) is 8.66. The summed E-state index contributed by atoms with van der Waals surface area (Å²) in [4.78, 5) is 26.6. The largest absolute Gasteiger partial charge is 0.593 e. The molecule has 0 radical (unpaired) electrons. The average molecular weight is 412 g/mol. The van der Waals surface area contributed by atoms with Crippen LogP contribution in [-0.4, -0.2) is 62.3 Å². The molecule has 148 valence electrons. The fourth-order valence-electron chi connectivity index (χ4n) is 3.31. The van der Waals surface area contributed by atoms with Crippen LogP contribution in [0.15, 0.2) is 27.6 Å². The first kappa shape index (κ1) is 20.2. The minimum absolute atomic E-state index is 0.0446. The number of guanidine groups is 1. The molecule has 0 spiro atoms. The second-order valence-electron chi connectivity index (χ2n) is 6.87. The predicted molar refractivity (Wildman–Crippen MR) is 110 cm³/mol. The van der Waals surface area contributed by atoms with Crippen LogP contribution in [0.2, 0.25) is 0 Å². The van der Waals surface area contributed by atoms with E-state index in [9.17, 15) is 13.6 Å².